The molecule has 0 unspecified atom stereocenters. The van der Waals surface area contributed by atoms with Crippen LogP contribution in [0.15, 0.2) is 29.2 Å². The van der Waals surface area contributed by atoms with Crippen LogP contribution in [-0.4, -0.2) is 11.6 Å². The van der Waals surface area contributed by atoms with Crippen LogP contribution in [0.3, 0.4) is 0 Å². The molecule has 3 heteroatoms. The Bertz CT molecular complexity index is 250. The largest absolute Gasteiger partial charge is 0.127 e. The minimum absolute atomic E-state index is 0.760. The van der Waals surface area contributed by atoms with Gasteiger partial charge in [0.1, 0.15) is 0 Å². The fraction of sp³-hybridized carbons (Fsp3) is 0.400. The van der Waals surface area contributed by atoms with Crippen LogP contribution in [0.25, 0.3) is 0 Å². The summed E-state index contributed by atoms with van der Waals surface area (Å²) in [6, 6.07) is 7.95. The molecule has 0 fully saturated rings. The maximum absolute atomic E-state index is 5.85. The van der Waals surface area contributed by atoms with E-state index in [0.29, 0.717) is 0 Å². The van der Waals surface area contributed by atoms with Crippen LogP contribution in [0.5, 0.6) is 0 Å². The molecule has 72 valence electrons. The minimum Gasteiger partial charge on any atom is -0.127 e. The number of alkyl halides is 1. The zero-order valence-corrected chi connectivity index (χ0v) is 9.63. The summed E-state index contributed by atoms with van der Waals surface area (Å²) in [4.78, 5) is 1.24. The summed E-state index contributed by atoms with van der Waals surface area (Å²) >= 11 is 13.3. The van der Waals surface area contributed by atoms with Crippen LogP contribution in [0.1, 0.15) is 12.8 Å². The molecule has 0 saturated heterocycles. The molecular weight excluding hydrogens is 223 g/mol. The summed E-state index contributed by atoms with van der Waals surface area (Å²) in [5.41, 5.74) is 0. The van der Waals surface area contributed by atoms with Crippen molar-refractivity contribution in [3.05, 3.63) is 29.3 Å². The van der Waals surface area contributed by atoms with E-state index in [2.05, 4.69) is 6.07 Å². The summed E-state index contributed by atoms with van der Waals surface area (Å²) in [5, 5.41) is 0.808. The Morgan fingerprint density at radius 2 is 2.08 bits per heavy atom. The normalized spacial score (nSPS) is 10.3. The van der Waals surface area contributed by atoms with Crippen molar-refractivity contribution in [1.29, 1.82) is 0 Å². The molecular formula is C10H12Cl2S. The van der Waals surface area contributed by atoms with Gasteiger partial charge in [-0.15, -0.1) is 23.4 Å². The van der Waals surface area contributed by atoms with Crippen molar-refractivity contribution in [2.24, 2.45) is 0 Å². The first-order valence-corrected chi connectivity index (χ1v) is 6.17. The van der Waals surface area contributed by atoms with Crippen molar-refractivity contribution in [3.63, 3.8) is 0 Å². The van der Waals surface area contributed by atoms with Gasteiger partial charge in [0.15, 0.2) is 0 Å². The lowest BCUT2D eigenvalue weighted by Crippen LogP contribution is -1.81. The standard InChI is InChI=1S/C10H12Cl2S/c11-6-1-2-7-13-10-5-3-4-9(12)8-10/h3-5,8H,1-2,6-7H2. The topological polar surface area (TPSA) is 0 Å². The smallest absolute Gasteiger partial charge is 0.0417 e. The van der Waals surface area contributed by atoms with Crippen molar-refractivity contribution >= 4 is 35.0 Å². The van der Waals surface area contributed by atoms with Crippen LogP contribution in [0, 0.1) is 0 Å². The molecule has 0 bridgehead atoms. The lowest BCUT2D eigenvalue weighted by atomic mass is 10.4. The maximum Gasteiger partial charge on any atom is 0.0417 e. The molecule has 1 aromatic rings. The van der Waals surface area contributed by atoms with Crippen molar-refractivity contribution in [1.82, 2.24) is 0 Å². The maximum atomic E-state index is 5.85. The average molecular weight is 235 g/mol. The van der Waals surface area contributed by atoms with Gasteiger partial charge in [-0.05, 0) is 36.8 Å². The molecule has 0 aliphatic carbocycles. The van der Waals surface area contributed by atoms with Gasteiger partial charge in [-0.25, -0.2) is 0 Å². The Hall–Kier alpha value is 0.150. The third-order valence-electron chi connectivity index (χ3n) is 1.59. The Morgan fingerprint density at radius 3 is 2.77 bits per heavy atom. The zero-order chi connectivity index (χ0) is 9.52. The second-order valence-corrected chi connectivity index (χ2v) is 4.68. The summed E-state index contributed by atoms with van der Waals surface area (Å²) in [5.74, 6) is 1.88. The molecule has 0 saturated carbocycles. The predicted molar refractivity (Wildman–Crippen MR) is 62.1 cm³/mol. The van der Waals surface area contributed by atoms with Crippen LogP contribution in [-0.2, 0) is 0 Å². The molecule has 0 aromatic heterocycles. The van der Waals surface area contributed by atoms with Crippen molar-refractivity contribution in [2.45, 2.75) is 17.7 Å². The molecule has 0 nitrogen and oxygen atoms in total. The van der Waals surface area contributed by atoms with E-state index < -0.39 is 0 Å². The second-order valence-electron chi connectivity index (χ2n) is 2.70. The summed E-state index contributed by atoms with van der Waals surface area (Å²) in [7, 11) is 0. The first kappa shape index (κ1) is 11.2. The quantitative estimate of drug-likeness (QED) is 0.412. The Morgan fingerprint density at radius 1 is 1.23 bits per heavy atom. The number of rotatable bonds is 5. The highest BCUT2D eigenvalue weighted by atomic mass is 35.5. The number of hydrogen-bond acceptors (Lipinski definition) is 1. The fourth-order valence-electron chi connectivity index (χ4n) is 0.943. The van der Waals surface area contributed by atoms with Crippen LogP contribution >= 0.6 is 35.0 Å². The van der Waals surface area contributed by atoms with E-state index in [-0.39, 0.29) is 0 Å². The molecule has 1 rings (SSSR count). The Labute approximate surface area is 93.6 Å². The van der Waals surface area contributed by atoms with E-state index >= 15 is 0 Å². The highest BCUT2D eigenvalue weighted by Crippen LogP contribution is 2.22. The molecule has 1 aromatic carbocycles. The minimum atomic E-state index is 0.760. The highest BCUT2D eigenvalue weighted by molar-refractivity contribution is 7.99. The summed E-state index contributed by atoms with van der Waals surface area (Å²) in [6.07, 6.45) is 2.26. The van der Waals surface area contributed by atoms with Crippen LogP contribution in [0.2, 0.25) is 5.02 Å². The molecule has 0 atom stereocenters. The SMILES string of the molecule is ClCCCCSc1cccc(Cl)c1. The van der Waals surface area contributed by atoms with E-state index in [9.17, 15) is 0 Å². The molecule has 0 aliphatic heterocycles. The van der Waals surface area contributed by atoms with Gasteiger partial charge in [0.05, 0.1) is 0 Å². The molecule has 0 amide bonds. The van der Waals surface area contributed by atoms with E-state index in [1.807, 2.05) is 30.0 Å². The van der Waals surface area contributed by atoms with E-state index in [0.717, 1.165) is 23.1 Å². The predicted octanol–water partition coefficient (Wildman–Crippen LogP) is 4.45. The van der Waals surface area contributed by atoms with E-state index in [4.69, 9.17) is 23.2 Å². The summed E-state index contributed by atoms with van der Waals surface area (Å²) < 4.78 is 0. The molecule has 0 radical (unpaired) electrons. The number of hydrogen-bond donors (Lipinski definition) is 0. The van der Waals surface area contributed by atoms with Gasteiger partial charge in [-0.2, -0.15) is 0 Å². The molecule has 13 heavy (non-hydrogen) atoms. The van der Waals surface area contributed by atoms with Gasteiger partial charge in [-0.1, -0.05) is 17.7 Å². The molecule has 0 N–H and O–H groups in total. The van der Waals surface area contributed by atoms with Crippen molar-refractivity contribution < 1.29 is 0 Å². The monoisotopic (exact) mass is 234 g/mol. The average Bonchev–Trinajstić information content (AvgIpc) is 2.13. The first-order chi connectivity index (χ1) is 6.33. The lowest BCUT2D eigenvalue weighted by Gasteiger charge is -2.00. The van der Waals surface area contributed by atoms with Crippen LogP contribution < -0.4 is 0 Å². The number of halogens is 2. The lowest BCUT2D eigenvalue weighted by molar-refractivity contribution is 0.903. The number of thioether (sulfide) groups is 1. The Balaban J connectivity index is 2.28. The first-order valence-electron chi connectivity index (χ1n) is 4.27. The number of unbranched alkanes of at least 4 members (excludes halogenated alkanes) is 1. The number of benzene rings is 1. The summed E-state index contributed by atoms with van der Waals surface area (Å²) in [6.45, 7) is 0. The van der Waals surface area contributed by atoms with Gasteiger partial charge >= 0.3 is 0 Å². The van der Waals surface area contributed by atoms with Crippen molar-refractivity contribution in [2.75, 3.05) is 11.6 Å². The third kappa shape index (κ3) is 4.80. The third-order valence-corrected chi connectivity index (χ3v) is 3.18. The van der Waals surface area contributed by atoms with E-state index in [1.165, 1.54) is 11.3 Å². The fourth-order valence-corrected chi connectivity index (χ4v) is 2.36. The Kier molecular flexibility index (Phi) is 5.68. The van der Waals surface area contributed by atoms with Gasteiger partial charge in [-0.3, -0.25) is 0 Å². The van der Waals surface area contributed by atoms with Crippen LogP contribution in [0.4, 0.5) is 0 Å². The van der Waals surface area contributed by atoms with Gasteiger partial charge in [0.2, 0.25) is 0 Å². The van der Waals surface area contributed by atoms with Gasteiger partial charge < -0.3 is 0 Å². The van der Waals surface area contributed by atoms with Gasteiger partial charge in [0, 0.05) is 15.8 Å². The molecule has 0 heterocycles. The van der Waals surface area contributed by atoms with E-state index in [1.54, 1.807) is 0 Å². The highest BCUT2D eigenvalue weighted by Gasteiger charge is 1.94. The molecule has 0 spiro atoms. The molecule has 0 aliphatic rings. The van der Waals surface area contributed by atoms with Gasteiger partial charge in [0.25, 0.3) is 0 Å². The zero-order valence-electron chi connectivity index (χ0n) is 7.30. The van der Waals surface area contributed by atoms with Crippen molar-refractivity contribution in [3.8, 4) is 0 Å². The second kappa shape index (κ2) is 6.58.